The van der Waals surface area contributed by atoms with Gasteiger partial charge in [-0.1, -0.05) is 19.1 Å². The van der Waals surface area contributed by atoms with E-state index >= 15 is 0 Å². The number of aromatic nitrogens is 2. The summed E-state index contributed by atoms with van der Waals surface area (Å²) in [5, 5.41) is 9.84. The SMILES string of the molecule is CC1CCCN(c2nc(=O)n(CC(=O)O)c3ccccc23)C1. The van der Waals surface area contributed by atoms with Crippen molar-refractivity contribution in [2.24, 2.45) is 5.92 Å². The van der Waals surface area contributed by atoms with E-state index in [-0.39, 0.29) is 6.54 Å². The van der Waals surface area contributed by atoms with Gasteiger partial charge in [0, 0.05) is 18.5 Å². The largest absolute Gasteiger partial charge is 0.480 e. The van der Waals surface area contributed by atoms with Crippen molar-refractivity contribution < 1.29 is 9.90 Å². The molecule has 1 aliphatic rings. The number of carbonyl (C=O) groups is 1. The molecular weight excluding hydrogens is 282 g/mol. The highest BCUT2D eigenvalue weighted by Gasteiger charge is 2.21. The Hall–Kier alpha value is -2.37. The van der Waals surface area contributed by atoms with Crippen LogP contribution in [0.25, 0.3) is 10.9 Å². The molecule has 3 rings (SSSR count). The fraction of sp³-hybridized carbons (Fsp3) is 0.438. The number of carboxylic acids is 1. The highest BCUT2D eigenvalue weighted by atomic mass is 16.4. The van der Waals surface area contributed by atoms with Crippen LogP contribution in [0.5, 0.6) is 0 Å². The lowest BCUT2D eigenvalue weighted by atomic mass is 10.00. The van der Waals surface area contributed by atoms with Gasteiger partial charge in [-0.05, 0) is 30.9 Å². The number of piperidine rings is 1. The number of benzene rings is 1. The number of fused-ring (bicyclic) bond motifs is 1. The minimum atomic E-state index is -1.05. The molecule has 0 radical (unpaired) electrons. The lowest BCUT2D eigenvalue weighted by Gasteiger charge is -2.32. The maximum Gasteiger partial charge on any atom is 0.350 e. The molecule has 1 atom stereocenters. The van der Waals surface area contributed by atoms with Crippen LogP contribution in [0.3, 0.4) is 0 Å². The fourth-order valence-corrected chi connectivity index (χ4v) is 3.12. The molecule has 1 unspecified atom stereocenters. The normalized spacial score (nSPS) is 18.6. The molecule has 1 aromatic heterocycles. The van der Waals surface area contributed by atoms with E-state index in [0.717, 1.165) is 24.9 Å². The number of carboxylic acid groups (broad SMARTS) is 1. The van der Waals surface area contributed by atoms with Gasteiger partial charge in [-0.2, -0.15) is 4.98 Å². The van der Waals surface area contributed by atoms with E-state index < -0.39 is 11.7 Å². The van der Waals surface area contributed by atoms with Gasteiger partial charge in [-0.3, -0.25) is 9.36 Å². The number of nitrogens with zero attached hydrogens (tertiary/aromatic N) is 3. The Bertz CT molecular complexity index is 769. The van der Waals surface area contributed by atoms with Crippen LogP contribution in [0.4, 0.5) is 5.82 Å². The Morgan fingerprint density at radius 1 is 1.41 bits per heavy atom. The molecule has 6 nitrogen and oxygen atoms in total. The van der Waals surface area contributed by atoms with E-state index in [0.29, 0.717) is 17.3 Å². The topological polar surface area (TPSA) is 75.4 Å². The Balaban J connectivity index is 2.16. The summed E-state index contributed by atoms with van der Waals surface area (Å²) in [7, 11) is 0. The van der Waals surface area contributed by atoms with Gasteiger partial charge >= 0.3 is 11.7 Å². The predicted molar refractivity (Wildman–Crippen MR) is 84.2 cm³/mol. The summed E-state index contributed by atoms with van der Waals surface area (Å²) in [5.74, 6) is 0.193. The second-order valence-corrected chi connectivity index (χ2v) is 5.91. The fourth-order valence-electron chi connectivity index (χ4n) is 3.12. The number of para-hydroxylation sites is 1. The van der Waals surface area contributed by atoms with Crippen molar-refractivity contribution in [1.29, 1.82) is 0 Å². The number of hydrogen-bond acceptors (Lipinski definition) is 4. The molecule has 0 amide bonds. The molecule has 1 fully saturated rings. The minimum absolute atomic E-state index is 0.372. The summed E-state index contributed by atoms with van der Waals surface area (Å²) in [5.41, 5.74) is 0.118. The van der Waals surface area contributed by atoms with Gasteiger partial charge in [-0.15, -0.1) is 0 Å². The number of rotatable bonds is 3. The van der Waals surface area contributed by atoms with Crippen molar-refractivity contribution >= 4 is 22.7 Å². The van der Waals surface area contributed by atoms with Crippen molar-refractivity contribution in [3.63, 3.8) is 0 Å². The third-order valence-corrected chi connectivity index (χ3v) is 4.12. The van der Waals surface area contributed by atoms with Crippen LogP contribution in [0, 0.1) is 5.92 Å². The van der Waals surface area contributed by atoms with Crippen LogP contribution in [-0.4, -0.2) is 33.7 Å². The van der Waals surface area contributed by atoms with E-state index in [4.69, 9.17) is 5.11 Å². The summed E-state index contributed by atoms with van der Waals surface area (Å²) in [6.07, 6.45) is 2.26. The zero-order valence-electron chi connectivity index (χ0n) is 12.5. The molecular formula is C16H19N3O3. The first kappa shape index (κ1) is 14.6. The van der Waals surface area contributed by atoms with Gasteiger partial charge < -0.3 is 10.0 Å². The second-order valence-electron chi connectivity index (χ2n) is 5.91. The van der Waals surface area contributed by atoms with Gasteiger partial charge in [0.15, 0.2) is 0 Å². The molecule has 0 spiro atoms. The average Bonchev–Trinajstić information content (AvgIpc) is 2.49. The summed E-state index contributed by atoms with van der Waals surface area (Å²) in [4.78, 5) is 29.6. The van der Waals surface area contributed by atoms with Gasteiger partial charge in [0.25, 0.3) is 0 Å². The highest BCUT2D eigenvalue weighted by Crippen LogP contribution is 2.27. The van der Waals surface area contributed by atoms with E-state index in [1.54, 1.807) is 6.07 Å². The molecule has 2 aromatic rings. The summed E-state index contributed by atoms with van der Waals surface area (Å²) >= 11 is 0. The molecule has 1 aliphatic heterocycles. The van der Waals surface area contributed by atoms with Crippen molar-refractivity contribution in [2.75, 3.05) is 18.0 Å². The zero-order valence-corrected chi connectivity index (χ0v) is 12.5. The number of aliphatic carboxylic acids is 1. The molecule has 22 heavy (non-hydrogen) atoms. The standard InChI is InChI=1S/C16H19N3O3/c1-11-5-4-8-18(9-11)15-12-6-2-3-7-13(12)19(10-14(20)21)16(22)17-15/h2-3,6-7,11H,4-5,8-10H2,1H3,(H,20,21). The Morgan fingerprint density at radius 3 is 2.91 bits per heavy atom. The van der Waals surface area contributed by atoms with E-state index in [1.807, 2.05) is 18.2 Å². The molecule has 1 N–H and O–H groups in total. The quantitative estimate of drug-likeness (QED) is 0.934. The van der Waals surface area contributed by atoms with Crippen LogP contribution < -0.4 is 10.6 Å². The molecule has 116 valence electrons. The third-order valence-electron chi connectivity index (χ3n) is 4.12. The average molecular weight is 301 g/mol. The summed E-state index contributed by atoms with van der Waals surface area (Å²) in [6, 6.07) is 7.37. The van der Waals surface area contributed by atoms with Crippen molar-refractivity contribution in [2.45, 2.75) is 26.3 Å². The second kappa shape index (κ2) is 5.79. The molecule has 1 aromatic carbocycles. The molecule has 0 bridgehead atoms. The molecule has 6 heteroatoms. The predicted octanol–water partition coefficient (Wildman–Crippen LogP) is 1.72. The van der Waals surface area contributed by atoms with Crippen LogP contribution in [0.2, 0.25) is 0 Å². The summed E-state index contributed by atoms with van der Waals surface area (Å²) in [6.45, 7) is 3.58. The van der Waals surface area contributed by atoms with E-state index in [9.17, 15) is 9.59 Å². The zero-order chi connectivity index (χ0) is 15.7. The van der Waals surface area contributed by atoms with Crippen molar-refractivity contribution in [3.05, 3.63) is 34.7 Å². The summed E-state index contributed by atoms with van der Waals surface area (Å²) < 4.78 is 1.22. The van der Waals surface area contributed by atoms with Gasteiger partial charge in [0.2, 0.25) is 0 Å². The Labute approximate surface area is 128 Å². The first-order valence-electron chi connectivity index (χ1n) is 7.52. The van der Waals surface area contributed by atoms with Crippen molar-refractivity contribution in [3.8, 4) is 0 Å². The Kier molecular flexibility index (Phi) is 3.83. The van der Waals surface area contributed by atoms with E-state index in [2.05, 4.69) is 16.8 Å². The maximum atomic E-state index is 12.3. The van der Waals surface area contributed by atoms with Crippen LogP contribution >= 0.6 is 0 Å². The molecule has 1 saturated heterocycles. The minimum Gasteiger partial charge on any atom is -0.480 e. The van der Waals surface area contributed by atoms with Crippen molar-refractivity contribution in [1.82, 2.24) is 9.55 Å². The van der Waals surface area contributed by atoms with Gasteiger partial charge in [0.1, 0.15) is 12.4 Å². The lowest BCUT2D eigenvalue weighted by molar-refractivity contribution is -0.137. The lowest BCUT2D eigenvalue weighted by Crippen LogP contribution is -2.37. The molecule has 0 saturated carbocycles. The molecule has 0 aliphatic carbocycles. The van der Waals surface area contributed by atoms with Crippen LogP contribution in [0.1, 0.15) is 19.8 Å². The highest BCUT2D eigenvalue weighted by molar-refractivity contribution is 5.90. The van der Waals surface area contributed by atoms with E-state index in [1.165, 1.54) is 11.0 Å². The van der Waals surface area contributed by atoms with Crippen LogP contribution in [0.15, 0.2) is 29.1 Å². The number of anilines is 1. The third kappa shape index (κ3) is 2.68. The Morgan fingerprint density at radius 2 is 2.18 bits per heavy atom. The van der Waals surface area contributed by atoms with Gasteiger partial charge in [-0.25, -0.2) is 4.79 Å². The number of hydrogen-bond donors (Lipinski definition) is 1. The van der Waals surface area contributed by atoms with Gasteiger partial charge in [0.05, 0.1) is 5.52 Å². The first-order chi connectivity index (χ1) is 10.6. The monoisotopic (exact) mass is 301 g/mol. The molecule has 2 heterocycles. The maximum absolute atomic E-state index is 12.3. The van der Waals surface area contributed by atoms with Crippen LogP contribution in [-0.2, 0) is 11.3 Å². The smallest absolute Gasteiger partial charge is 0.350 e. The first-order valence-corrected chi connectivity index (χ1v) is 7.52.